The average Bonchev–Trinajstić information content (AvgIpc) is 2.76. The van der Waals surface area contributed by atoms with Crippen LogP contribution in [-0.2, 0) is 9.59 Å². The van der Waals surface area contributed by atoms with E-state index in [9.17, 15) is 9.59 Å². The second-order valence-electron chi connectivity index (χ2n) is 7.86. The molecular weight excluding hydrogens is 386 g/mol. The maximum absolute atomic E-state index is 12.9. The van der Waals surface area contributed by atoms with Crippen molar-refractivity contribution in [3.63, 3.8) is 0 Å². The van der Waals surface area contributed by atoms with Crippen molar-refractivity contribution in [2.75, 3.05) is 24.2 Å². The van der Waals surface area contributed by atoms with E-state index in [0.29, 0.717) is 0 Å². The number of rotatable bonds is 7. The van der Waals surface area contributed by atoms with Crippen molar-refractivity contribution in [2.24, 2.45) is 0 Å². The summed E-state index contributed by atoms with van der Waals surface area (Å²) in [6.45, 7) is 5.86. The van der Waals surface area contributed by atoms with Gasteiger partial charge < -0.3 is 10.6 Å². The van der Waals surface area contributed by atoms with E-state index in [0.717, 1.165) is 33.6 Å². The number of carbonyl (C=O) groups is 2. The molecule has 5 heteroatoms. The fourth-order valence-electron chi connectivity index (χ4n) is 3.32. The molecule has 0 aliphatic rings. The normalized spacial score (nSPS) is 11.8. The van der Waals surface area contributed by atoms with Crippen molar-refractivity contribution in [1.82, 2.24) is 4.90 Å². The molecule has 0 aliphatic heterocycles. The van der Waals surface area contributed by atoms with Crippen LogP contribution in [0.25, 0.3) is 11.1 Å². The fraction of sp³-hybridized carbons (Fsp3) is 0.231. The van der Waals surface area contributed by atoms with Gasteiger partial charge in [-0.05, 0) is 56.6 Å². The molecule has 31 heavy (non-hydrogen) atoms. The molecule has 5 nitrogen and oxygen atoms in total. The number of para-hydroxylation sites is 1. The van der Waals surface area contributed by atoms with Gasteiger partial charge in [-0.2, -0.15) is 0 Å². The van der Waals surface area contributed by atoms with Crippen molar-refractivity contribution in [2.45, 2.75) is 26.8 Å². The summed E-state index contributed by atoms with van der Waals surface area (Å²) >= 11 is 0. The van der Waals surface area contributed by atoms with Gasteiger partial charge in [0.2, 0.25) is 11.8 Å². The molecular formula is C26H29N3O2. The topological polar surface area (TPSA) is 61.4 Å². The number of benzene rings is 3. The minimum atomic E-state index is -0.479. The summed E-state index contributed by atoms with van der Waals surface area (Å²) < 4.78 is 0. The van der Waals surface area contributed by atoms with E-state index in [2.05, 4.69) is 10.6 Å². The van der Waals surface area contributed by atoms with Crippen LogP contribution in [0.3, 0.4) is 0 Å². The van der Waals surface area contributed by atoms with Gasteiger partial charge >= 0.3 is 0 Å². The summed E-state index contributed by atoms with van der Waals surface area (Å²) in [7, 11) is 1.77. The summed E-state index contributed by atoms with van der Waals surface area (Å²) in [5.41, 5.74) is 5.63. The second kappa shape index (κ2) is 10.0. The third kappa shape index (κ3) is 5.80. The third-order valence-electron chi connectivity index (χ3n) is 5.37. The molecule has 3 aromatic carbocycles. The van der Waals surface area contributed by atoms with E-state index in [1.807, 2.05) is 86.6 Å². The predicted octanol–water partition coefficient (Wildman–Crippen LogP) is 4.87. The van der Waals surface area contributed by atoms with E-state index in [1.54, 1.807) is 18.9 Å². The lowest BCUT2D eigenvalue weighted by Crippen LogP contribution is -2.43. The smallest absolute Gasteiger partial charge is 0.241 e. The van der Waals surface area contributed by atoms with E-state index in [-0.39, 0.29) is 18.4 Å². The summed E-state index contributed by atoms with van der Waals surface area (Å²) in [6, 6.07) is 23.1. The Balaban J connectivity index is 1.64. The molecule has 0 saturated carbocycles. The van der Waals surface area contributed by atoms with E-state index in [4.69, 9.17) is 0 Å². The highest BCUT2D eigenvalue weighted by atomic mass is 16.2. The van der Waals surface area contributed by atoms with Crippen LogP contribution in [0.5, 0.6) is 0 Å². The van der Waals surface area contributed by atoms with Gasteiger partial charge in [-0.15, -0.1) is 0 Å². The van der Waals surface area contributed by atoms with Gasteiger partial charge in [-0.3, -0.25) is 14.5 Å². The Kier molecular flexibility index (Phi) is 7.21. The maximum Gasteiger partial charge on any atom is 0.241 e. The number of carbonyl (C=O) groups excluding carboxylic acids is 2. The van der Waals surface area contributed by atoms with Gasteiger partial charge in [0.25, 0.3) is 0 Å². The highest BCUT2D eigenvalue weighted by molar-refractivity contribution is 5.99. The van der Waals surface area contributed by atoms with Crippen molar-refractivity contribution in [3.8, 4) is 11.1 Å². The molecule has 0 heterocycles. The zero-order valence-electron chi connectivity index (χ0n) is 18.5. The first-order chi connectivity index (χ1) is 14.8. The third-order valence-corrected chi connectivity index (χ3v) is 5.37. The number of likely N-dealkylation sites (N-methyl/N-ethyl adjacent to an activating group) is 1. The van der Waals surface area contributed by atoms with Crippen LogP contribution in [0.1, 0.15) is 18.1 Å². The van der Waals surface area contributed by atoms with Crippen molar-refractivity contribution in [3.05, 3.63) is 83.9 Å². The number of aryl methyl sites for hydroxylation is 2. The molecule has 0 unspecified atom stereocenters. The first-order valence-electron chi connectivity index (χ1n) is 10.4. The van der Waals surface area contributed by atoms with E-state index >= 15 is 0 Å². The molecule has 0 spiro atoms. The van der Waals surface area contributed by atoms with Crippen molar-refractivity contribution < 1.29 is 9.59 Å². The Morgan fingerprint density at radius 2 is 1.55 bits per heavy atom. The summed E-state index contributed by atoms with van der Waals surface area (Å²) in [4.78, 5) is 27.2. The molecule has 0 aromatic heterocycles. The molecule has 160 valence electrons. The second-order valence-corrected chi connectivity index (χ2v) is 7.86. The molecule has 0 bridgehead atoms. The zero-order chi connectivity index (χ0) is 22.4. The Morgan fingerprint density at radius 1 is 0.871 bits per heavy atom. The molecule has 0 saturated heterocycles. The lowest BCUT2D eigenvalue weighted by Gasteiger charge is -2.24. The van der Waals surface area contributed by atoms with E-state index < -0.39 is 6.04 Å². The number of amides is 2. The minimum Gasteiger partial charge on any atom is -0.325 e. The first kappa shape index (κ1) is 22.2. The highest BCUT2D eigenvalue weighted by Crippen LogP contribution is 2.27. The molecule has 1 atom stereocenters. The van der Waals surface area contributed by atoms with Crippen LogP contribution in [0.15, 0.2) is 72.8 Å². The van der Waals surface area contributed by atoms with Crippen LogP contribution in [-0.4, -0.2) is 36.3 Å². The quantitative estimate of drug-likeness (QED) is 0.579. The Hall–Kier alpha value is -3.44. The molecule has 3 aromatic rings. The molecule has 0 radical (unpaired) electrons. The molecule has 2 amide bonds. The molecule has 0 fully saturated rings. The lowest BCUT2D eigenvalue weighted by atomic mass is 10.0. The number of nitrogens with zero attached hydrogens (tertiary/aromatic N) is 1. The van der Waals surface area contributed by atoms with Gasteiger partial charge in [-0.1, -0.05) is 60.7 Å². The largest absolute Gasteiger partial charge is 0.325 e. The average molecular weight is 416 g/mol. The lowest BCUT2D eigenvalue weighted by molar-refractivity contribution is -0.122. The Labute approximate surface area is 184 Å². The molecule has 2 N–H and O–H groups in total. The van der Waals surface area contributed by atoms with Gasteiger partial charge in [0.15, 0.2) is 0 Å². The van der Waals surface area contributed by atoms with Crippen LogP contribution in [0, 0.1) is 13.8 Å². The van der Waals surface area contributed by atoms with Crippen LogP contribution >= 0.6 is 0 Å². The molecule has 3 rings (SSSR count). The van der Waals surface area contributed by atoms with Crippen LogP contribution < -0.4 is 10.6 Å². The highest BCUT2D eigenvalue weighted by Gasteiger charge is 2.21. The maximum atomic E-state index is 12.9. The molecule has 0 aliphatic carbocycles. The SMILES string of the molecule is Cc1ccc(C)c(NC(=O)CN(C)[C@H](C)C(=O)Nc2ccccc2-c2ccccc2)c1. The van der Waals surface area contributed by atoms with Crippen molar-refractivity contribution in [1.29, 1.82) is 0 Å². The van der Waals surface area contributed by atoms with Gasteiger partial charge in [-0.25, -0.2) is 0 Å². The van der Waals surface area contributed by atoms with E-state index in [1.165, 1.54) is 0 Å². The monoisotopic (exact) mass is 415 g/mol. The summed E-state index contributed by atoms with van der Waals surface area (Å²) in [5.74, 6) is -0.314. The number of hydrogen-bond acceptors (Lipinski definition) is 3. The standard InChI is InChI=1S/C26H29N3O2/c1-18-14-15-19(2)24(16-18)27-25(30)17-29(4)20(3)26(31)28-23-13-9-8-12-22(23)21-10-6-5-7-11-21/h5-16,20H,17H2,1-4H3,(H,27,30)(H,28,31)/t20-/m1/s1. The summed E-state index contributed by atoms with van der Waals surface area (Å²) in [5, 5.41) is 5.96. The van der Waals surface area contributed by atoms with Crippen LogP contribution in [0.2, 0.25) is 0 Å². The minimum absolute atomic E-state index is 0.113. The van der Waals surface area contributed by atoms with Crippen LogP contribution in [0.4, 0.5) is 11.4 Å². The van der Waals surface area contributed by atoms with Gasteiger partial charge in [0.1, 0.15) is 0 Å². The summed E-state index contributed by atoms with van der Waals surface area (Å²) in [6.07, 6.45) is 0. The number of nitrogens with one attached hydrogen (secondary N) is 2. The Bertz CT molecular complexity index is 1060. The predicted molar refractivity (Wildman–Crippen MR) is 127 cm³/mol. The van der Waals surface area contributed by atoms with Gasteiger partial charge in [0, 0.05) is 16.9 Å². The Morgan fingerprint density at radius 3 is 2.29 bits per heavy atom. The van der Waals surface area contributed by atoms with Crippen molar-refractivity contribution >= 4 is 23.2 Å². The zero-order valence-corrected chi connectivity index (χ0v) is 18.5. The number of hydrogen-bond donors (Lipinski definition) is 2. The van der Waals surface area contributed by atoms with Gasteiger partial charge in [0.05, 0.1) is 12.6 Å². The fourth-order valence-corrected chi connectivity index (χ4v) is 3.32. The number of anilines is 2. The first-order valence-corrected chi connectivity index (χ1v) is 10.4.